The molecule has 0 spiro atoms. The minimum absolute atomic E-state index is 0.177. The number of benzene rings is 2. The van der Waals surface area contributed by atoms with Gasteiger partial charge in [0.15, 0.2) is 0 Å². The number of para-hydroxylation sites is 1. The molecule has 0 saturated heterocycles. The number of nitrogens with one attached hydrogen (secondary N) is 1. The van der Waals surface area contributed by atoms with Crippen LogP contribution in [0.3, 0.4) is 0 Å². The van der Waals surface area contributed by atoms with Gasteiger partial charge in [0.25, 0.3) is 5.91 Å². The van der Waals surface area contributed by atoms with Crippen LogP contribution < -0.4 is 5.32 Å². The van der Waals surface area contributed by atoms with Gasteiger partial charge in [-0.1, -0.05) is 36.4 Å². The molecule has 0 aliphatic heterocycles. The van der Waals surface area contributed by atoms with Crippen LogP contribution in [-0.2, 0) is 11.3 Å². The summed E-state index contributed by atoms with van der Waals surface area (Å²) in [5.74, 6) is -0.515. The van der Waals surface area contributed by atoms with Gasteiger partial charge in [-0.2, -0.15) is 0 Å². The Balaban J connectivity index is 1.57. The highest BCUT2D eigenvalue weighted by Crippen LogP contribution is 2.13. The fourth-order valence-electron chi connectivity index (χ4n) is 2.09. The molecule has 2 aromatic carbocycles. The highest BCUT2D eigenvalue weighted by Gasteiger charge is 2.09. The van der Waals surface area contributed by atoms with Gasteiger partial charge in [-0.05, 0) is 41.3 Å². The third kappa shape index (κ3) is 4.08. The summed E-state index contributed by atoms with van der Waals surface area (Å²) in [7, 11) is 0. The third-order valence-corrected chi connectivity index (χ3v) is 4.19. The van der Waals surface area contributed by atoms with Gasteiger partial charge in [0.2, 0.25) is 0 Å². The number of carbonyl (C=O) groups excluding carboxylic acids is 2. The summed E-state index contributed by atoms with van der Waals surface area (Å²) in [5.41, 5.74) is 2.12. The molecule has 1 amide bonds. The van der Waals surface area contributed by atoms with Crippen LogP contribution in [0.1, 0.15) is 25.6 Å². The van der Waals surface area contributed by atoms with Gasteiger partial charge in [-0.15, -0.1) is 11.3 Å². The van der Waals surface area contributed by atoms with Gasteiger partial charge in [-0.25, -0.2) is 4.79 Å². The first kappa shape index (κ1) is 16.0. The third-order valence-electron chi connectivity index (χ3n) is 3.34. The second-order valence-electron chi connectivity index (χ2n) is 5.07. The van der Waals surface area contributed by atoms with Crippen LogP contribution in [0, 0.1) is 0 Å². The van der Waals surface area contributed by atoms with Crippen molar-refractivity contribution in [1.82, 2.24) is 0 Å². The monoisotopic (exact) mass is 337 g/mol. The maximum Gasteiger partial charge on any atom is 0.348 e. The number of anilines is 1. The number of ether oxygens (including phenoxy) is 1. The molecule has 0 radical (unpaired) electrons. The second-order valence-corrected chi connectivity index (χ2v) is 6.02. The van der Waals surface area contributed by atoms with Crippen molar-refractivity contribution in [2.24, 2.45) is 0 Å². The topological polar surface area (TPSA) is 55.4 Å². The van der Waals surface area contributed by atoms with Gasteiger partial charge in [0, 0.05) is 11.3 Å². The van der Waals surface area contributed by atoms with Crippen molar-refractivity contribution in [3.05, 3.63) is 88.1 Å². The fraction of sp³-hybridized carbons (Fsp3) is 0.0526. The predicted molar refractivity (Wildman–Crippen MR) is 94.3 cm³/mol. The second kappa shape index (κ2) is 7.57. The summed E-state index contributed by atoms with van der Waals surface area (Å²) in [6, 6.07) is 19.8. The van der Waals surface area contributed by atoms with E-state index in [4.69, 9.17) is 4.74 Å². The molecule has 0 bridgehead atoms. The van der Waals surface area contributed by atoms with Crippen LogP contribution in [0.2, 0.25) is 0 Å². The SMILES string of the molecule is O=C(Nc1ccccc1)c1ccc(COC(=O)c2cccs2)cc1. The van der Waals surface area contributed by atoms with Crippen LogP contribution in [-0.4, -0.2) is 11.9 Å². The van der Waals surface area contributed by atoms with E-state index in [0.717, 1.165) is 11.3 Å². The van der Waals surface area contributed by atoms with E-state index in [1.54, 1.807) is 36.4 Å². The predicted octanol–water partition coefficient (Wildman–Crippen LogP) is 4.36. The molecule has 3 rings (SSSR count). The highest BCUT2D eigenvalue weighted by atomic mass is 32.1. The number of carbonyl (C=O) groups is 2. The van der Waals surface area contributed by atoms with Crippen molar-refractivity contribution in [3.63, 3.8) is 0 Å². The van der Waals surface area contributed by atoms with Gasteiger partial charge in [-0.3, -0.25) is 4.79 Å². The summed E-state index contributed by atoms with van der Waals surface area (Å²) < 4.78 is 5.24. The maximum absolute atomic E-state index is 12.2. The lowest BCUT2D eigenvalue weighted by atomic mass is 10.1. The molecule has 1 heterocycles. The standard InChI is InChI=1S/C19H15NO3S/c21-18(20-16-5-2-1-3-6-16)15-10-8-14(9-11-15)13-23-19(22)17-7-4-12-24-17/h1-12H,13H2,(H,20,21). The lowest BCUT2D eigenvalue weighted by Crippen LogP contribution is -2.11. The van der Waals surface area contributed by atoms with Gasteiger partial charge in [0.05, 0.1) is 0 Å². The molecule has 0 aliphatic carbocycles. The fourth-order valence-corrected chi connectivity index (χ4v) is 2.71. The molecule has 0 atom stereocenters. The molecule has 0 fully saturated rings. The molecule has 5 heteroatoms. The van der Waals surface area contributed by atoms with Crippen LogP contribution >= 0.6 is 11.3 Å². The van der Waals surface area contributed by atoms with E-state index in [-0.39, 0.29) is 18.5 Å². The molecular formula is C19H15NO3S. The molecule has 1 N–H and O–H groups in total. The largest absolute Gasteiger partial charge is 0.457 e. The highest BCUT2D eigenvalue weighted by molar-refractivity contribution is 7.11. The van der Waals surface area contributed by atoms with E-state index in [9.17, 15) is 9.59 Å². The molecule has 4 nitrogen and oxygen atoms in total. The van der Waals surface area contributed by atoms with Crippen molar-refractivity contribution in [3.8, 4) is 0 Å². The molecule has 0 saturated carbocycles. The summed E-state index contributed by atoms with van der Waals surface area (Å²) in [5, 5.41) is 4.65. The molecule has 24 heavy (non-hydrogen) atoms. The maximum atomic E-state index is 12.2. The smallest absolute Gasteiger partial charge is 0.348 e. The van der Waals surface area contributed by atoms with E-state index < -0.39 is 0 Å². The number of rotatable bonds is 5. The van der Waals surface area contributed by atoms with Crippen molar-refractivity contribution in [2.75, 3.05) is 5.32 Å². The normalized spacial score (nSPS) is 10.2. The Kier molecular flexibility index (Phi) is 5.03. The Morgan fingerprint density at radius 3 is 2.33 bits per heavy atom. The quantitative estimate of drug-likeness (QED) is 0.704. The number of thiophene rings is 1. The lowest BCUT2D eigenvalue weighted by Gasteiger charge is -2.07. The van der Waals surface area contributed by atoms with Crippen molar-refractivity contribution >= 4 is 28.9 Å². The lowest BCUT2D eigenvalue weighted by molar-refractivity contribution is 0.0478. The van der Waals surface area contributed by atoms with E-state index in [1.165, 1.54) is 11.3 Å². The van der Waals surface area contributed by atoms with Crippen molar-refractivity contribution < 1.29 is 14.3 Å². The first-order valence-corrected chi connectivity index (χ1v) is 8.26. The zero-order valence-corrected chi connectivity index (χ0v) is 13.6. The van der Waals surface area contributed by atoms with Gasteiger partial charge < -0.3 is 10.1 Å². The van der Waals surface area contributed by atoms with Gasteiger partial charge in [0.1, 0.15) is 11.5 Å². The zero-order chi connectivity index (χ0) is 16.8. The molecule has 0 unspecified atom stereocenters. The molecule has 3 aromatic rings. The summed E-state index contributed by atoms with van der Waals surface area (Å²) in [4.78, 5) is 24.5. The number of amides is 1. The molecule has 0 aliphatic rings. The first-order chi connectivity index (χ1) is 11.7. The minimum atomic E-state index is -0.337. The van der Waals surface area contributed by atoms with Crippen LogP contribution in [0.15, 0.2) is 72.1 Å². The average Bonchev–Trinajstić information content (AvgIpc) is 3.16. The van der Waals surface area contributed by atoms with Crippen molar-refractivity contribution in [2.45, 2.75) is 6.61 Å². The van der Waals surface area contributed by atoms with E-state index in [0.29, 0.717) is 10.4 Å². The number of esters is 1. The number of hydrogen-bond acceptors (Lipinski definition) is 4. The summed E-state index contributed by atoms with van der Waals surface area (Å²) in [6.45, 7) is 0.178. The summed E-state index contributed by atoms with van der Waals surface area (Å²) in [6.07, 6.45) is 0. The van der Waals surface area contributed by atoms with Crippen LogP contribution in [0.25, 0.3) is 0 Å². The average molecular weight is 337 g/mol. The Hall–Kier alpha value is -2.92. The minimum Gasteiger partial charge on any atom is -0.457 e. The number of hydrogen-bond donors (Lipinski definition) is 1. The molecular weight excluding hydrogens is 322 g/mol. The Bertz CT molecular complexity index is 812. The Morgan fingerprint density at radius 1 is 0.917 bits per heavy atom. The van der Waals surface area contributed by atoms with Crippen LogP contribution in [0.5, 0.6) is 0 Å². The first-order valence-electron chi connectivity index (χ1n) is 7.38. The van der Waals surface area contributed by atoms with E-state index >= 15 is 0 Å². The Labute approximate surface area is 143 Å². The molecule has 120 valence electrons. The molecule has 1 aromatic heterocycles. The van der Waals surface area contributed by atoms with Crippen LogP contribution in [0.4, 0.5) is 5.69 Å². The zero-order valence-electron chi connectivity index (χ0n) is 12.8. The van der Waals surface area contributed by atoms with Gasteiger partial charge >= 0.3 is 5.97 Å². The van der Waals surface area contributed by atoms with Crippen molar-refractivity contribution in [1.29, 1.82) is 0 Å². The van der Waals surface area contributed by atoms with E-state index in [1.807, 2.05) is 35.7 Å². The summed E-state index contributed by atoms with van der Waals surface area (Å²) >= 11 is 1.35. The Morgan fingerprint density at radius 2 is 1.67 bits per heavy atom. The van der Waals surface area contributed by atoms with E-state index in [2.05, 4.69) is 5.32 Å².